The summed E-state index contributed by atoms with van der Waals surface area (Å²) < 4.78 is 5.18. The molecule has 0 bridgehead atoms. The molecule has 33 heavy (non-hydrogen) atoms. The van der Waals surface area contributed by atoms with Crippen LogP contribution in [-0.4, -0.2) is 39.8 Å². The number of hydrogen-bond acceptors (Lipinski definition) is 5. The third-order valence-electron chi connectivity index (χ3n) is 6.44. The van der Waals surface area contributed by atoms with Gasteiger partial charge in [0, 0.05) is 15.2 Å². The van der Waals surface area contributed by atoms with Gasteiger partial charge in [-0.2, -0.15) is 0 Å². The predicted octanol–water partition coefficient (Wildman–Crippen LogP) is 4.77. The van der Waals surface area contributed by atoms with Gasteiger partial charge in [0.25, 0.3) is 0 Å². The number of carbonyl (C=O) groups excluding carboxylic acids is 4. The summed E-state index contributed by atoms with van der Waals surface area (Å²) in [6.07, 6.45) is 1.20. The maximum absolute atomic E-state index is 12.9. The zero-order valence-electron chi connectivity index (χ0n) is 18.2. The molecular formula is C25H23Br2NO5. The van der Waals surface area contributed by atoms with E-state index in [0.717, 1.165) is 11.1 Å². The number of alkyl halides is 2. The number of fused-ring (bicyclic) bond motifs is 1. The van der Waals surface area contributed by atoms with E-state index in [2.05, 4.69) is 31.9 Å². The summed E-state index contributed by atoms with van der Waals surface area (Å²) >= 11 is 7.16. The molecule has 2 amide bonds. The van der Waals surface area contributed by atoms with Gasteiger partial charge in [0.2, 0.25) is 11.8 Å². The van der Waals surface area contributed by atoms with Crippen LogP contribution in [0.15, 0.2) is 42.5 Å². The molecule has 4 rings (SSSR count). The Balaban J connectivity index is 1.41. The van der Waals surface area contributed by atoms with Crippen LogP contribution in [0.25, 0.3) is 0 Å². The van der Waals surface area contributed by atoms with Gasteiger partial charge in [-0.15, -0.1) is 0 Å². The summed E-state index contributed by atoms with van der Waals surface area (Å²) in [6.45, 7) is 3.51. The van der Waals surface area contributed by atoms with Gasteiger partial charge in [0.15, 0.2) is 12.4 Å². The molecule has 2 aliphatic rings. The van der Waals surface area contributed by atoms with Gasteiger partial charge in [-0.3, -0.25) is 19.3 Å². The first kappa shape index (κ1) is 23.8. The summed E-state index contributed by atoms with van der Waals surface area (Å²) in [5.74, 6) is -2.01. The molecule has 2 aromatic rings. The number of nitrogens with zero attached hydrogens (tertiary/aromatic N) is 1. The lowest BCUT2D eigenvalue weighted by Gasteiger charge is -2.29. The van der Waals surface area contributed by atoms with E-state index in [-0.39, 0.29) is 51.3 Å². The summed E-state index contributed by atoms with van der Waals surface area (Å²) in [5.41, 5.74) is 3.23. The molecule has 1 aliphatic carbocycles. The van der Waals surface area contributed by atoms with Crippen molar-refractivity contribution in [3.63, 3.8) is 0 Å². The number of rotatable bonds is 5. The second kappa shape index (κ2) is 9.50. The van der Waals surface area contributed by atoms with E-state index in [9.17, 15) is 19.2 Å². The fraction of sp³-hybridized carbons (Fsp3) is 0.360. The van der Waals surface area contributed by atoms with Crippen LogP contribution in [0.2, 0.25) is 0 Å². The lowest BCUT2D eigenvalue weighted by Crippen LogP contribution is -2.34. The van der Waals surface area contributed by atoms with E-state index in [1.165, 1.54) is 17.0 Å². The SMILES string of the molecule is Cc1ccc(C(=O)COC(=O)c2ccc(N3C(=O)[C@@H]4C[C@@H](Br)[C@@H](Br)C[C@H]4C3=O)cc2)cc1C. The zero-order valence-corrected chi connectivity index (χ0v) is 21.4. The van der Waals surface area contributed by atoms with Crippen molar-refractivity contribution in [1.29, 1.82) is 0 Å². The van der Waals surface area contributed by atoms with Crippen LogP contribution >= 0.6 is 31.9 Å². The number of aryl methyl sites for hydroxylation is 2. The first-order valence-electron chi connectivity index (χ1n) is 10.7. The molecule has 0 spiro atoms. The van der Waals surface area contributed by atoms with Gasteiger partial charge in [0.1, 0.15) is 0 Å². The van der Waals surface area contributed by atoms with E-state index >= 15 is 0 Å². The number of carbonyl (C=O) groups is 4. The Morgan fingerprint density at radius 2 is 1.42 bits per heavy atom. The van der Waals surface area contributed by atoms with Crippen molar-refractivity contribution >= 4 is 61.1 Å². The summed E-state index contributed by atoms with van der Waals surface area (Å²) in [7, 11) is 0. The topological polar surface area (TPSA) is 80.8 Å². The molecule has 4 atom stereocenters. The largest absolute Gasteiger partial charge is 0.454 e. The average Bonchev–Trinajstić information content (AvgIpc) is 3.03. The molecule has 0 unspecified atom stereocenters. The molecule has 1 saturated carbocycles. The maximum Gasteiger partial charge on any atom is 0.338 e. The van der Waals surface area contributed by atoms with Crippen LogP contribution in [-0.2, 0) is 14.3 Å². The fourth-order valence-electron chi connectivity index (χ4n) is 4.31. The van der Waals surface area contributed by atoms with Crippen molar-refractivity contribution in [2.45, 2.75) is 36.3 Å². The summed E-state index contributed by atoms with van der Waals surface area (Å²) in [4.78, 5) is 52.1. The number of halogens is 2. The Hall–Kier alpha value is -2.32. The van der Waals surface area contributed by atoms with E-state index in [1.807, 2.05) is 19.9 Å². The van der Waals surface area contributed by atoms with Crippen LogP contribution < -0.4 is 4.90 Å². The number of hydrogen-bond donors (Lipinski definition) is 0. The third kappa shape index (κ3) is 4.68. The molecular weight excluding hydrogens is 554 g/mol. The van der Waals surface area contributed by atoms with Crippen molar-refractivity contribution < 1.29 is 23.9 Å². The van der Waals surface area contributed by atoms with Gasteiger partial charge in [0.05, 0.1) is 23.1 Å². The number of ketones is 1. The fourth-order valence-corrected chi connectivity index (χ4v) is 5.55. The Labute approximate surface area is 208 Å². The first-order valence-corrected chi connectivity index (χ1v) is 12.5. The average molecular weight is 577 g/mol. The lowest BCUT2D eigenvalue weighted by molar-refractivity contribution is -0.122. The maximum atomic E-state index is 12.9. The Bertz CT molecular complexity index is 1100. The van der Waals surface area contributed by atoms with Crippen molar-refractivity contribution in [3.8, 4) is 0 Å². The number of esters is 1. The summed E-state index contributed by atoms with van der Waals surface area (Å²) in [5, 5.41) is 0. The van der Waals surface area contributed by atoms with Gasteiger partial charge in [-0.05, 0) is 68.1 Å². The molecule has 6 nitrogen and oxygen atoms in total. The summed E-state index contributed by atoms with van der Waals surface area (Å²) in [6, 6.07) is 11.5. The Morgan fingerprint density at radius 1 is 0.879 bits per heavy atom. The molecule has 1 saturated heterocycles. The highest BCUT2D eigenvalue weighted by molar-refractivity contribution is 9.12. The minimum Gasteiger partial charge on any atom is -0.454 e. The predicted molar refractivity (Wildman–Crippen MR) is 131 cm³/mol. The van der Waals surface area contributed by atoms with Crippen molar-refractivity contribution in [2.24, 2.45) is 11.8 Å². The molecule has 0 N–H and O–H groups in total. The van der Waals surface area contributed by atoms with Crippen LogP contribution in [0.5, 0.6) is 0 Å². The van der Waals surface area contributed by atoms with Crippen LogP contribution in [0, 0.1) is 25.7 Å². The molecule has 0 radical (unpaired) electrons. The number of anilines is 1. The Kier molecular flexibility index (Phi) is 6.86. The lowest BCUT2D eigenvalue weighted by atomic mass is 9.81. The molecule has 1 aliphatic heterocycles. The minimum atomic E-state index is -0.643. The standard InChI is InChI=1S/C25H23Br2NO5/c1-13-3-4-16(9-14(13)2)22(29)12-33-25(32)15-5-7-17(8-6-15)28-23(30)18-10-20(26)21(27)11-19(18)24(28)31/h3-9,18-21H,10-12H2,1-2H3/t18-,19-,20-,21+/m1/s1. The molecule has 172 valence electrons. The zero-order chi connectivity index (χ0) is 23.9. The number of ether oxygens (including phenoxy) is 1. The van der Waals surface area contributed by atoms with E-state index < -0.39 is 5.97 Å². The third-order valence-corrected chi connectivity index (χ3v) is 9.17. The Morgan fingerprint density at radius 3 is 1.97 bits per heavy atom. The van der Waals surface area contributed by atoms with Crippen LogP contribution in [0.4, 0.5) is 5.69 Å². The van der Waals surface area contributed by atoms with Gasteiger partial charge < -0.3 is 4.74 Å². The highest BCUT2D eigenvalue weighted by Crippen LogP contribution is 2.44. The highest BCUT2D eigenvalue weighted by Gasteiger charge is 2.52. The first-order chi connectivity index (χ1) is 15.7. The monoisotopic (exact) mass is 575 g/mol. The van der Waals surface area contributed by atoms with E-state index in [0.29, 0.717) is 24.1 Å². The van der Waals surface area contributed by atoms with E-state index in [4.69, 9.17) is 4.74 Å². The van der Waals surface area contributed by atoms with Crippen LogP contribution in [0.3, 0.4) is 0 Å². The van der Waals surface area contributed by atoms with Gasteiger partial charge in [-0.25, -0.2) is 4.79 Å². The second-order valence-corrected chi connectivity index (χ2v) is 10.9. The van der Waals surface area contributed by atoms with Crippen molar-refractivity contribution in [1.82, 2.24) is 0 Å². The molecule has 1 heterocycles. The van der Waals surface area contributed by atoms with Crippen molar-refractivity contribution in [3.05, 3.63) is 64.7 Å². The molecule has 8 heteroatoms. The quantitative estimate of drug-likeness (QED) is 0.222. The smallest absolute Gasteiger partial charge is 0.338 e. The number of benzene rings is 2. The van der Waals surface area contributed by atoms with Gasteiger partial charge >= 0.3 is 5.97 Å². The molecule has 0 aromatic heterocycles. The van der Waals surface area contributed by atoms with Crippen LogP contribution in [0.1, 0.15) is 44.7 Å². The minimum absolute atomic E-state index is 0.138. The van der Waals surface area contributed by atoms with Gasteiger partial charge in [-0.1, -0.05) is 44.0 Å². The van der Waals surface area contributed by atoms with Crippen molar-refractivity contribution in [2.75, 3.05) is 11.5 Å². The number of Topliss-reactive ketones (excluding diaryl/α,β-unsaturated/α-hetero) is 1. The number of amides is 2. The second-order valence-electron chi connectivity index (χ2n) is 8.57. The molecule has 2 fully saturated rings. The number of imide groups is 1. The normalized spacial score (nSPS) is 24.5. The van der Waals surface area contributed by atoms with E-state index in [1.54, 1.807) is 24.3 Å². The highest BCUT2D eigenvalue weighted by atomic mass is 79.9. The molecule has 2 aromatic carbocycles.